The number of Topliss-reactive ketones (excluding diaryl/α,β-unsaturated/α-hetero) is 1. The van der Waals surface area contributed by atoms with Crippen molar-refractivity contribution in [1.82, 2.24) is 0 Å². The molecule has 8 nitrogen and oxygen atoms in total. The lowest BCUT2D eigenvalue weighted by atomic mass is 9.71. The van der Waals surface area contributed by atoms with E-state index in [-0.39, 0.29) is 28.3 Å². The van der Waals surface area contributed by atoms with Crippen LogP contribution in [0.2, 0.25) is 0 Å². The average molecular weight is 405 g/mol. The maximum absolute atomic E-state index is 13.0. The zero-order valence-corrected chi connectivity index (χ0v) is 16.5. The molecule has 0 unspecified atom stereocenters. The van der Waals surface area contributed by atoms with E-state index in [0.29, 0.717) is 41.3 Å². The summed E-state index contributed by atoms with van der Waals surface area (Å²) in [6.07, 6.45) is 0.861. The standard InChI is InChI=1S/C22H19N3O5/c1-22(2)9-15(26)20-18(10-22)30-21(24)14(11-23)19(20)17-8-7-16(29-17)12-3-5-13(6-4-12)25(27)28/h3-8,19H,9-10,24H2,1-2H3/t19-/m1/s1. The smallest absolute Gasteiger partial charge is 0.269 e. The number of nitrogens with two attached hydrogens (primary N) is 1. The first-order valence-corrected chi connectivity index (χ1v) is 9.38. The molecule has 2 N–H and O–H groups in total. The number of nitrogens with zero attached hydrogens (tertiary/aromatic N) is 2. The Hall–Kier alpha value is -3.86. The lowest BCUT2D eigenvalue weighted by Gasteiger charge is -2.36. The van der Waals surface area contributed by atoms with Gasteiger partial charge in [-0.25, -0.2) is 0 Å². The first kappa shape index (κ1) is 19.5. The van der Waals surface area contributed by atoms with Crippen LogP contribution in [0.3, 0.4) is 0 Å². The Bertz CT molecular complexity index is 1160. The van der Waals surface area contributed by atoms with Gasteiger partial charge in [0.25, 0.3) is 5.69 Å². The number of benzene rings is 1. The van der Waals surface area contributed by atoms with Crippen LogP contribution in [0.1, 0.15) is 38.4 Å². The summed E-state index contributed by atoms with van der Waals surface area (Å²) in [7, 11) is 0. The molecule has 1 aromatic carbocycles. The summed E-state index contributed by atoms with van der Waals surface area (Å²) in [6.45, 7) is 3.96. The summed E-state index contributed by atoms with van der Waals surface area (Å²) in [5.41, 5.74) is 6.89. The summed E-state index contributed by atoms with van der Waals surface area (Å²) in [5, 5.41) is 20.5. The lowest BCUT2D eigenvalue weighted by molar-refractivity contribution is -0.384. The second-order valence-corrected chi connectivity index (χ2v) is 8.21. The molecule has 152 valence electrons. The third kappa shape index (κ3) is 3.24. The maximum atomic E-state index is 13.0. The number of nitriles is 1. The van der Waals surface area contributed by atoms with Crippen molar-refractivity contribution in [2.45, 2.75) is 32.6 Å². The third-order valence-corrected chi connectivity index (χ3v) is 5.35. The Morgan fingerprint density at radius 2 is 1.90 bits per heavy atom. The summed E-state index contributed by atoms with van der Waals surface area (Å²) >= 11 is 0. The molecule has 30 heavy (non-hydrogen) atoms. The van der Waals surface area contributed by atoms with Crippen LogP contribution < -0.4 is 5.73 Å². The third-order valence-electron chi connectivity index (χ3n) is 5.35. The van der Waals surface area contributed by atoms with E-state index >= 15 is 0 Å². The molecule has 2 heterocycles. The van der Waals surface area contributed by atoms with E-state index in [9.17, 15) is 20.2 Å². The van der Waals surface area contributed by atoms with Crippen LogP contribution in [0.5, 0.6) is 0 Å². The molecule has 1 aliphatic carbocycles. The van der Waals surface area contributed by atoms with Gasteiger partial charge in [-0.05, 0) is 29.7 Å². The first-order valence-electron chi connectivity index (χ1n) is 9.38. The number of hydrogen-bond acceptors (Lipinski definition) is 7. The van der Waals surface area contributed by atoms with E-state index in [1.54, 1.807) is 24.3 Å². The van der Waals surface area contributed by atoms with Crippen molar-refractivity contribution >= 4 is 11.5 Å². The Balaban J connectivity index is 1.77. The number of allylic oxidation sites excluding steroid dienone is 3. The van der Waals surface area contributed by atoms with Gasteiger partial charge in [0.15, 0.2) is 5.78 Å². The highest BCUT2D eigenvalue weighted by Gasteiger charge is 2.44. The summed E-state index contributed by atoms with van der Waals surface area (Å²) in [5.74, 6) is 0.472. The van der Waals surface area contributed by atoms with Crippen LogP contribution >= 0.6 is 0 Å². The van der Waals surface area contributed by atoms with E-state index in [0.717, 1.165) is 0 Å². The van der Waals surface area contributed by atoms with Crippen LogP contribution in [0.4, 0.5) is 5.69 Å². The number of carbonyl (C=O) groups is 1. The average Bonchev–Trinajstić information content (AvgIpc) is 3.15. The van der Waals surface area contributed by atoms with Gasteiger partial charge in [0.1, 0.15) is 28.9 Å². The van der Waals surface area contributed by atoms with E-state index in [1.807, 2.05) is 13.8 Å². The molecule has 2 aromatic rings. The molecule has 0 fully saturated rings. The topological polar surface area (TPSA) is 132 Å². The molecule has 0 radical (unpaired) electrons. The number of nitro benzene ring substituents is 1. The number of rotatable bonds is 3. The minimum Gasteiger partial charge on any atom is -0.460 e. The molecule has 8 heteroatoms. The molecular weight excluding hydrogens is 386 g/mol. The van der Waals surface area contributed by atoms with Gasteiger partial charge in [-0.1, -0.05) is 13.8 Å². The van der Waals surface area contributed by atoms with Crippen LogP contribution in [0, 0.1) is 26.9 Å². The van der Waals surface area contributed by atoms with Crippen LogP contribution in [0.25, 0.3) is 11.3 Å². The van der Waals surface area contributed by atoms with Crippen molar-refractivity contribution in [3.05, 3.63) is 75.1 Å². The number of furan rings is 1. The van der Waals surface area contributed by atoms with Gasteiger partial charge in [0.05, 0.1) is 10.8 Å². The van der Waals surface area contributed by atoms with Crippen molar-refractivity contribution in [1.29, 1.82) is 5.26 Å². The van der Waals surface area contributed by atoms with E-state index in [1.165, 1.54) is 12.1 Å². The highest BCUT2D eigenvalue weighted by Crippen LogP contribution is 2.48. The SMILES string of the molecule is CC1(C)CC(=O)C2=C(C1)OC(N)=C(C#N)[C@@H]2c1ccc(-c2ccc([N+](=O)[O-])cc2)o1. The van der Waals surface area contributed by atoms with Crippen molar-refractivity contribution in [2.75, 3.05) is 0 Å². The molecule has 2 aliphatic rings. The fraction of sp³-hybridized carbons (Fsp3) is 0.273. The molecule has 0 saturated carbocycles. The van der Waals surface area contributed by atoms with Gasteiger partial charge in [-0.3, -0.25) is 14.9 Å². The molecule has 1 atom stereocenters. The lowest BCUT2D eigenvalue weighted by Crippen LogP contribution is -2.33. The van der Waals surface area contributed by atoms with E-state index in [4.69, 9.17) is 14.9 Å². The zero-order chi connectivity index (χ0) is 21.6. The minimum atomic E-state index is -0.742. The number of hydrogen-bond donors (Lipinski definition) is 1. The fourth-order valence-corrected chi connectivity index (χ4v) is 3.98. The van der Waals surface area contributed by atoms with Crippen LogP contribution in [-0.4, -0.2) is 10.7 Å². The predicted molar refractivity (Wildman–Crippen MR) is 106 cm³/mol. The van der Waals surface area contributed by atoms with Crippen molar-refractivity contribution < 1.29 is 18.9 Å². The monoisotopic (exact) mass is 405 g/mol. The van der Waals surface area contributed by atoms with Gasteiger partial charge in [0, 0.05) is 36.1 Å². The second kappa shape index (κ2) is 6.88. The highest BCUT2D eigenvalue weighted by molar-refractivity contribution is 5.99. The summed E-state index contributed by atoms with van der Waals surface area (Å²) < 4.78 is 11.7. The quantitative estimate of drug-likeness (QED) is 0.594. The summed E-state index contributed by atoms with van der Waals surface area (Å²) in [6, 6.07) is 11.4. The first-order chi connectivity index (χ1) is 14.2. The second-order valence-electron chi connectivity index (χ2n) is 8.21. The number of nitro groups is 1. The Kier molecular flexibility index (Phi) is 4.46. The molecule has 0 spiro atoms. The number of carbonyl (C=O) groups excluding carboxylic acids is 1. The van der Waals surface area contributed by atoms with Crippen LogP contribution in [0.15, 0.2) is 63.6 Å². The Morgan fingerprint density at radius 3 is 2.53 bits per heavy atom. The van der Waals surface area contributed by atoms with Crippen LogP contribution in [-0.2, 0) is 9.53 Å². The van der Waals surface area contributed by atoms with Gasteiger partial charge in [0.2, 0.25) is 5.88 Å². The number of non-ortho nitro benzene ring substituents is 1. The van der Waals surface area contributed by atoms with Gasteiger partial charge < -0.3 is 14.9 Å². The van der Waals surface area contributed by atoms with Gasteiger partial charge >= 0.3 is 0 Å². The zero-order valence-electron chi connectivity index (χ0n) is 16.5. The molecule has 0 amide bonds. The van der Waals surface area contributed by atoms with Gasteiger partial charge in [-0.2, -0.15) is 5.26 Å². The van der Waals surface area contributed by atoms with Crippen molar-refractivity contribution in [3.8, 4) is 17.4 Å². The van der Waals surface area contributed by atoms with E-state index < -0.39 is 10.8 Å². The molecule has 1 aliphatic heterocycles. The molecular formula is C22H19N3O5. The fourth-order valence-electron chi connectivity index (χ4n) is 3.98. The molecule has 4 rings (SSSR count). The van der Waals surface area contributed by atoms with Gasteiger partial charge in [-0.15, -0.1) is 0 Å². The maximum Gasteiger partial charge on any atom is 0.269 e. The Morgan fingerprint density at radius 1 is 1.20 bits per heavy atom. The summed E-state index contributed by atoms with van der Waals surface area (Å²) in [4.78, 5) is 23.3. The van der Waals surface area contributed by atoms with Crippen molar-refractivity contribution in [2.24, 2.45) is 11.1 Å². The number of ether oxygens (including phenoxy) is 1. The molecule has 0 saturated heterocycles. The highest BCUT2D eigenvalue weighted by atomic mass is 16.6. The van der Waals surface area contributed by atoms with Crippen molar-refractivity contribution in [3.63, 3.8) is 0 Å². The predicted octanol–water partition coefficient (Wildman–Crippen LogP) is 4.31. The largest absolute Gasteiger partial charge is 0.460 e. The minimum absolute atomic E-state index is 0.0253. The Labute approximate surface area is 172 Å². The normalized spacial score (nSPS) is 20.4. The number of ketones is 1. The van der Waals surface area contributed by atoms with E-state index in [2.05, 4.69) is 6.07 Å². The molecule has 0 bridgehead atoms. The molecule has 1 aromatic heterocycles.